The second-order valence-corrected chi connectivity index (χ2v) is 4.36. The smallest absolute Gasteiger partial charge is 0.291 e. The highest BCUT2D eigenvalue weighted by Gasteiger charge is 2.29. The van der Waals surface area contributed by atoms with E-state index in [0.29, 0.717) is 16.6 Å². The van der Waals surface area contributed by atoms with Gasteiger partial charge in [-0.15, -0.1) is 22.9 Å². The summed E-state index contributed by atoms with van der Waals surface area (Å²) in [4.78, 5) is 5.25. The lowest BCUT2D eigenvalue weighted by molar-refractivity contribution is -0.144. The lowest BCUT2D eigenvalue weighted by Gasteiger charge is -2.16. The van der Waals surface area contributed by atoms with E-state index < -0.39 is 12.7 Å². The minimum absolute atomic E-state index is 0.196. The van der Waals surface area contributed by atoms with Crippen molar-refractivity contribution in [3.8, 4) is 0 Å². The molecule has 2 nitrogen and oxygen atoms in total. The summed E-state index contributed by atoms with van der Waals surface area (Å²) in [5.41, 5.74) is 0.706. The van der Waals surface area contributed by atoms with E-state index in [4.69, 9.17) is 11.6 Å². The van der Waals surface area contributed by atoms with Gasteiger partial charge in [0, 0.05) is 5.38 Å². The van der Waals surface area contributed by atoms with Crippen LogP contribution < -0.4 is 0 Å². The number of thiazole rings is 1. The third kappa shape index (κ3) is 4.81. The van der Waals surface area contributed by atoms with Crippen molar-refractivity contribution in [1.82, 2.24) is 9.88 Å². The van der Waals surface area contributed by atoms with Crippen molar-refractivity contribution in [2.75, 3.05) is 13.6 Å². The highest BCUT2D eigenvalue weighted by molar-refractivity contribution is 7.09. The van der Waals surface area contributed by atoms with Crippen LogP contribution in [0.1, 0.15) is 10.7 Å². The predicted molar refractivity (Wildman–Crippen MR) is 54.1 cm³/mol. The molecule has 86 valence electrons. The number of hydrogen-bond donors (Lipinski definition) is 0. The molecule has 0 N–H and O–H groups in total. The third-order valence-electron chi connectivity index (χ3n) is 1.59. The van der Waals surface area contributed by atoms with Crippen LogP contribution in [-0.2, 0) is 12.4 Å². The first-order chi connectivity index (χ1) is 6.90. The molecule has 0 saturated carbocycles. The number of alkyl halides is 4. The van der Waals surface area contributed by atoms with E-state index in [2.05, 4.69) is 4.98 Å². The van der Waals surface area contributed by atoms with E-state index >= 15 is 0 Å². The maximum Gasteiger partial charge on any atom is 0.401 e. The van der Waals surface area contributed by atoms with Gasteiger partial charge in [-0.1, -0.05) is 0 Å². The largest absolute Gasteiger partial charge is 0.401 e. The molecule has 0 bridgehead atoms. The first kappa shape index (κ1) is 12.7. The quantitative estimate of drug-likeness (QED) is 0.772. The number of aromatic nitrogens is 1. The molecule has 0 aromatic carbocycles. The van der Waals surface area contributed by atoms with Crippen molar-refractivity contribution in [1.29, 1.82) is 0 Å². The average Bonchev–Trinajstić information content (AvgIpc) is 2.48. The standard InChI is InChI=1S/C8H10ClF3N2S/c1-14(5-8(10,11)12)3-7-13-6(2-9)4-15-7/h4H,2-3,5H2,1H3. The second-order valence-electron chi connectivity index (χ2n) is 3.15. The fraction of sp³-hybridized carbons (Fsp3) is 0.625. The highest BCUT2D eigenvalue weighted by atomic mass is 35.5. The summed E-state index contributed by atoms with van der Waals surface area (Å²) in [7, 11) is 1.41. The molecule has 0 unspecified atom stereocenters. The fourth-order valence-corrected chi connectivity index (χ4v) is 2.18. The zero-order chi connectivity index (χ0) is 11.5. The van der Waals surface area contributed by atoms with Crippen LogP contribution in [0.3, 0.4) is 0 Å². The minimum atomic E-state index is -4.17. The van der Waals surface area contributed by atoms with E-state index in [1.807, 2.05) is 0 Å². The Balaban J connectivity index is 2.47. The van der Waals surface area contributed by atoms with Gasteiger partial charge in [-0.3, -0.25) is 4.90 Å². The fourth-order valence-electron chi connectivity index (χ4n) is 1.08. The Bertz CT molecular complexity index is 313. The molecule has 0 aliphatic carbocycles. The number of halogens is 4. The summed E-state index contributed by atoms with van der Waals surface area (Å²) in [6.07, 6.45) is -4.17. The van der Waals surface area contributed by atoms with Crippen molar-refractivity contribution in [2.45, 2.75) is 18.6 Å². The number of rotatable bonds is 4. The van der Waals surface area contributed by atoms with Crippen molar-refractivity contribution in [3.05, 3.63) is 16.1 Å². The molecule has 1 rings (SSSR count). The molecule has 1 heterocycles. The maximum absolute atomic E-state index is 12.0. The summed E-state index contributed by atoms with van der Waals surface area (Å²) in [6, 6.07) is 0. The molecule has 0 amide bonds. The van der Waals surface area contributed by atoms with Gasteiger partial charge >= 0.3 is 6.18 Å². The van der Waals surface area contributed by atoms with Crippen LogP contribution in [0.5, 0.6) is 0 Å². The van der Waals surface area contributed by atoms with Gasteiger partial charge in [0.2, 0.25) is 0 Å². The first-order valence-electron chi connectivity index (χ1n) is 4.15. The predicted octanol–water partition coefficient (Wildman–Crippen LogP) is 2.88. The van der Waals surface area contributed by atoms with Gasteiger partial charge in [0.05, 0.1) is 24.7 Å². The van der Waals surface area contributed by atoms with Gasteiger partial charge in [0.15, 0.2) is 0 Å². The molecular formula is C8H10ClF3N2S. The molecule has 7 heteroatoms. The summed E-state index contributed by atoms with van der Waals surface area (Å²) in [5.74, 6) is 0.291. The zero-order valence-corrected chi connectivity index (χ0v) is 9.59. The minimum Gasteiger partial charge on any atom is -0.291 e. The normalized spacial score (nSPS) is 12.4. The van der Waals surface area contributed by atoms with E-state index in [1.165, 1.54) is 23.3 Å². The van der Waals surface area contributed by atoms with Gasteiger partial charge in [0.25, 0.3) is 0 Å². The number of nitrogens with zero attached hydrogens (tertiary/aromatic N) is 2. The second kappa shape index (κ2) is 5.14. The van der Waals surface area contributed by atoms with Crippen LogP contribution >= 0.6 is 22.9 Å². The SMILES string of the molecule is CN(Cc1nc(CCl)cs1)CC(F)(F)F. The van der Waals surface area contributed by atoms with Gasteiger partial charge in [-0.25, -0.2) is 4.98 Å². The molecule has 0 spiro atoms. The molecule has 0 atom stereocenters. The van der Waals surface area contributed by atoms with Crippen LogP contribution in [0.2, 0.25) is 0 Å². The zero-order valence-electron chi connectivity index (χ0n) is 8.01. The van der Waals surface area contributed by atoms with E-state index in [1.54, 1.807) is 5.38 Å². The number of hydrogen-bond acceptors (Lipinski definition) is 3. The van der Waals surface area contributed by atoms with Crippen LogP contribution in [0.4, 0.5) is 13.2 Å². The molecule has 15 heavy (non-hydrogen) atoms. The Morgan fingerprint density at radius 1 is 1.53 bits per heavy atom. The van der Waals surface area contributed by atoms with E-state index in [0.717, 1.165) is 0 Å². The Morgan fingerprint density at radius 3 is 2.67 bits per heavy atom. The molecule has 0 aliphatic rings. The molecule has 0 radical (unpaired) electrons. The van der Waals surface area contributed by atoms with Crippen molar-refractivity contribution in [2.24, 2.45) is 0 Å². The van der Waals surface area contributed by atoms with Gasteiger partial charge in [0.1, 0.15) is 5.01 Å². The summed E-state index contributed by atoms with van der Waals surface area (Å²) < 4.78 is 36.0. The Morgan fingerprint density at radius 2 is 2.20 bits per heavy atom. The summed E-state index contributed by atoms with van der Waals surface area (Å²) >= 11 is 6.86. The van der Waals surface area contributed by atoms with Gasteiger partial charge < -0.3 is 0 Å². The first-order valence-corrected chi connectivity index (χ1v) is 5.56. The molecule has 0 fully saturated rings. The Kier molecular flexibility index (Phi) is 4.36. The topological polar surface area (TPSA) is 16.1 Å². The van der Waals surface area contributed by atoms with Crippen LogP contribution in [0, 0.1) is 0 Å². The van der Waals surface area contributed by atoms with Crippen molar-refractivity contribution in [3.63, 3.8) is 0 Å². The monoisotopic (exact) mass is 258 g/mol. The molecular weight excluding hydrogens is 249 g/mol. The van der Waals surface area contributed by atoms with Crippen molar-refractivity contribution < 1.29 is 13.2 Å². The van der Waals surface area contributed by atoms with Crippen LogP contribution in [0.15, 0.2) is 5.38 Å². The summed E-state index contributed by atoms with van der Waals surface area (Å²) in [5, 5.41) is 2.40. The lowest BCUT2D eigenvalue weighted by atomic mass is 10.5. The molecule has 0 aliphatic heterocycles. The lowest BCUT2D eigenvalue weighted by Crippen LogP contribution is -2.30. The van der Waals surface area contributed by atoms with Crippen LogP contribution in [-0.4, -0.2) is 29.7 Å². The molecule has 0 saturated heterocycles. The Hall–Kier alpha value is -0.330. The van der Waals surface area contributed by atoms with E-state index in [9.17, 15) is 13.2 Å². The van der Waals surface area contributed by atoms with Gasteiger partial charge in [-0.2, -0.15) is 13.2 Å². The average molecular weight is 259 g/mol. The maximum atomic E-state index is 12.0. The Labute approximate surface area is 94.7 Å². The van der Waals surface area contributed by atoms with Crippen LogP contribution in [0.25, 0.3) is 0 Å². The third-order valence-corrected chi connectivity index (χ3v) is 2.75. The molecule has 1 aromatic rings. The molecule has 1 aromatic heterocycles. The summed E-state index contributed by atoms with van der Waals surface area (Å²) in [6.45, 7) is -0.732. The van der Waals surface area contributed by atoms with Gasteiger partial charge in [-0.05, 0) is 7.05 Å². The van der Waals surface area contributed by atoms with E-state index in [-0.39, 0.29) is 6.54 Å². The highest BCUT2D eigenvalue weighted by Crippen LogP contribution is 2.18. The van der Waals surface area contributed by atoms with Crippen molar-refractivity contribution >= 4 is 22.9 Å².